The molecule has 0 spiro atoms. The maximum atomic E-state index is 11.7. The number of rotatable bonds is 5. The maximum absolute atomic E-state index is 11.7. The van der Waals surface area contributed by atoms with Crippen molar-refractivity contribution in [3.63, 3.8) is 0 Å². The maximum Gasteiger partial charge on any atom is 0.190 e. The second-order valence-electron chi connectivity index (χ2n) is 5.49. The molecule has 6 nitrogen and oxygen atoms in total. The van der Waals surface area contributed by atoms with Crippen LogP contribution in [0.5, 0.6) is 0 Å². The number of azide groups is 1. The summed E-state index contributed by atoms with van der Waals surface area (Å²) in [7, 11) is 0. The molecule has 0 aliphatic carbocycles. The zero-order chi connectivity index (χ0) is 19.1. The van der Waals surface area contributed by atoms with Crippen LogP contribution in [0.15, 0.2) is 93.0 Å². The van der Waals surface area contributed by atoms with Crippen molar-refractivity contribution >= 4 is 33.9 Å². The molecule has 0 heterocycles. The minimum absolute atomic E-state index is 0.0577. The van der Waals surface area contributed by atoms with Gasteiger partial charge in [-0.05, 0) is 35.4 Å². The van der Waals surface area contributed by atoms with Crippen LogP contribution in [-0.2, 0) is 4.79 Å². The van der Waals surface area contributed by atoms with Crippen LogP contribution in [0.2, 0.25) is 0 Å². The van der Waals surface area contributed by atoms with Crippen molar-refractivity contribution in [3.8, 4) is 11.1 Å². The van der Waals surface area contributed by atoms with E-state index >= 15 is 0 Å². The number of azo groups is 1. The second kappa shape index (κ2) is 8.80. The van der Waals surface area contributed by atoms with E-state index in [1.54, 1.807) is 12.1 Å². The lowest BCUT2D eigenvalue weighted by Gasteiger charge is -2.13. The molecule has 0 atom stereocenters. The molecule has 0 radical (unpaired) electrons. The van der Waals surface area contributed by atoms with Crippen LogP contribution >= 0.6 is 11.8 Å². The van der Waals surface area contributed by atoms with E-state index in [0.717, 1.165) is 17.3 Å². The molecule has 0 aliphatic heterocycles. The van der Waals surface area contributed by atoms with Crippen LogP contribution in [0, 0.1) is 0 Å². The highest BCUT2D eigenvalue weighted by Gasteiger charge is 2.16. The molecule has 0 aromatic heterocycles. The average molecular weight is 373 g/mol. The first-order chi connectivity index (χ1) is 13.2. The van der Waals surface area contributed by atoms with E-state index in [-0.39, 0.29) is 5.12 Å². The van der Waals surface area contributed by atoms with Crippen LogP contribution in [0.3, 0.4) is 0 Å². The third-order valence-corrected chi connectivity index (χ3v) is 4.46. The fraction of sp³-hybridized carbons (Fsp3) is 0.0500. The van der Waals surface area contributed by atoms with Crippen molar-refractivity contribution in [1.29, 1.82) is 0 Å². The summed E-state index contributed by atoms with van der Waals surface area (Å²) >= 11 is 1.09. The molecule has 0 saturated carbocycles. The molecular weight excluding hydrogens is 358 g/mol. The monoisotopic (exact) mass is 373 g/mol. The fourth-order valence-electron chi connectivity index (χ4n) is 2.52. The van der Waals surface area contributed by atoms with Gasteiger partial charge in [0.15, 0.2) is 5.12 Å². The van der Waals surface area contributed by atoms with Crippen LogP contribution < -0.4 is 0 Å². The van der Waals surface area contributed by atoms with Gasteiger partial charge in [0.05, 0.1) is 17.1 Å². The Hall–Kier alpha value is -3.41. The summed E-state index contributed by atoms with van der Waals surface area (Å²) < 4.78 is 0. The first-order valence-electron chi connectivity index (χ1n) is 8.12. The SMILES string of the molecule is CC(=O)Sc1ccc(N=Nc2ccccc2)c(N=[N+]=[N-])c1-c1ccccc1. The van der Waals surface area contributed by atoms with Crippen LogP contribution in [0.1, 0.15) is 6.92 Å². The van der Waals surface area contributed by atoms with Crippen molar-refractivity contribution in [2.24, 2.45) is 15.3 Å². The van der Waals surface area contributed by atoms with Gasteiger partial charge in [0, 0.05) is 22.3 Å². The molecule has 3 aromatic rings. The first-order valence-corrected chi connectivity index (χ1v) is 8.93. The lowest BCUT2D eigenvalue weighted by atomic mass is 10.0. The molecule has 3 aromatic carbocycles. The molecule has 0 aliphatic rings. The van der Waals surface area contributed by atoms with Gasteiger partial charge in [-0.3, -0.25) is 4.79 Å². The molecule has 3 rings (SSSR count). The summed E-state index contributed by atoms with van der Waals surface area (Å²) in [5.74, 6) is 0. The van der Waals surface area contributed by atoms with Gasteiger partial charge in [0.2, 0.25) is 0 Å². The minimum atomic E-state index is -0.0577. The number of nitrogens with zero attached hydrogens (tertiary/aromatic N) is 5. The van der Waals surface area contributed by atoms with Crippen molar-refractivity contribution in [2.75, 3.05) is 0 Å². The van der Waals surface area contributed by atoms with Crippen molar-refractivity contribution in [2.45, 2.75) is 11.8 Å². The lowest BCUT2D eigenvalue weighted by molar-refractivity contribution is -0.109. The zero-order valence-corrected chi connectivity index (χ0v) is 15.3. The third-order valence-electron chi connectivity index (χ3n) is 3.61. The predicted molar refractivity (Wildman–Crippen MR) is 108 cm³/mol. The molecule has 27 heavy (non-hydrogen) atoms. The van der Waals surface area contributed by atoms with Gasteiger partial charge >= 0.3 is 0 Å². The van der Waals surface area contributed by atoms with Crippen molar-refractivity contribution in [1.82, 2.24) is 0 Å². The van der Waals surface area contributed by atoms with E-state index in [1.807, 2.05) is 60.7 Å². The van der Waals surface area contributed by atoms with E-state index in [4.69, 9.17) is 5.53 Å². The Morgan fingerprint density at radius 1 is 0.926 bits per heavy atom. The van der Waals surface area contributed by atoms with Gasteiger partial charge in [0.1, 0.15) is 0 Å². The number of carbonyl (C=O) groups is 1. The number of benzene rings is 3. The van der Waals surface area contributed by atoms with Crippen LogP contribution in [-0.4, -0.2) is 5.12 Å². The van der Waals surface area contributed by atoms with Crippen LogP contribution in [0.25, 0.3) is 21.6 Å². The third kappa shape index (κ3) is 4.61. The molecule has 0 saturated heterocycles. The summed E-state index contributed by atoms with van der Waals surface area (Å²) in [6.07, 6.45) is 0. The Morgan fingerprint density at radius 2 is 1.59 bits per heavy atom. The number of hydrogen-bond acceptors (Lipinski definition) is 5. The molecule has 132 valence electrons. The standard InChI is InChI=1S/C20H15N5OS/c1-14(26)27-18-13-12-17(23-22-16-10-6-3-7-11-16)20(24-25-21)19(18)15-8-4-2-5-9-15/h2-13H,1H3. The largest absolute Gasteiger partial charge is 0.287 e. The van der Waals surface area contributed by atoms with Crippen molar-refractivity contribution < 1.29 is 4.79 Å². The van der Waals surface area contributed by atoms with E-state index < -0.39 is 0 Å². The minimum Gasteiger partial charge on any atom is -0.287 e. The van der Waals surface area contributed by atoms with E-state index in [0.29, 0.717) is 27.5 Å². The topological polar surface area (TPSA) is 90.5 Å². The summed E-state index contributed by atoms with van der Waals surface area (Å²) in [5.41, 5.74) is 12.0. The highest BCUT2D eigenvalue weighted by Crippen LogP contribution is 2.45. The van der Waals surface area contributed by atoms with E-state index in [2.05, 4.69) is 20.3 Å². The highest BCUT2D eigenvalue weighted by molar-refractivity contribution is 8.13. The molecule has 0 bridgehead atoms. The quantitative estimate of drug-likeness (QED) is 0.202. The van der Waals surface area contributed by atoms with Gasteiger partial charge in [0.25, 0.3) is 0 Å². The van der Waals surface area contributed by atoms with Crippen molar-refractivity contribution in [3.05, 3.63) is 83.2 Å². The Labute approximate surface area is 160 Å². The normalized spacial score (nSPS) is 10.6. The van der Waals surface area contributed by atoms with Gasteiger partial charge in [-0.15, -0.1) is 0 Å². The predicted octanol–water partition coefficient (Wildman–Crippen LogP) is 7.35. The molecule has 0 N–H and O–H groups in total. The first kappa shape index (κ1) is 18.4. The Balaban J connectivity index is 2.19. The van der Waals surface area contributed by atoms with Crippen LogP contribution in [0.4, 0.5) is 17.1 Å². The number of carbonyl (C=O) groups excluding carboxylic acids is 1. The number of thioether (sulfide) groups is 1. The highest BCUT2D eigenvalue weighted by atomic mass is 32.2. The zero-order valence-electron chi connectivity index (χ0n) is 14.5. The fourth-order valence-corrected chi connectivity index (χ4v) is 3.28. The van der Waals surface area contributed by atoms with E-state index in [9.17, 15) is 4.79 Å². The molecule has 0 unspecified atom stereocenters. The summed E-state index contributed by atoms with van der Waals surface area (Å²) in [6.45, 7) is 1.50. The molecule has 7 heteroatoms. The molecular formula is C20H15N5OS. The molecule has 0 fully saturated rings. The summed E-state index contributed by atoms with van der Waals surface area (Å²) in [4.78, 5) is 15.3. The summed E-state index contributed by atoms with van der Waals surface area (Å²) in [6, 6.07) is 22.2. The Morgan fingerprint density at radius 3 is 2.22 bits per heavy atom. The molecule has 0 amide bonds. The van der Waals surface area contributed by atoms with E-state index in [1.165, 1.54) is 6.92 Å². The number of hydrogen-bond donors (Lipinski definition) is 0. The van der Waals surface area contributed by atoms with Gasteiger partial charge in [-0.2, -0.15) is 10.2 Å². The smallest absolute Gasteiger partial charge is 0.190 e. The van der Waals surface area contributed by atoms with Gasteiger partial charge in [-0.25, -0.2) is 0 Å². The average Bonchev–Trinajstić information content (AvgIpc) is 2.69. The van der Waals surface area contributed by atoms with Gasteiger partial charge in [-0.1, -0.05) is 65.4 Å². The second-order valence-corrected chi connectivity index (χ2v) is 6.71. The Kier molecular flexibility index (Phi) is 5.99. The summed E-state index contributed by atoms with van der Waals surface area (Å²) in [5, 5.41) is 12.3. The lowest BCUT2D eigenvalue weighted by Crippen LogP contribution is -1.88. The van der Waals surface area contributed by atoms with Gasteiger partial charge < -0.3 is 0 Å². The Bertz CT molecular complexity index is 1030.